The smallest absolute Gasteiger partial charge is 0.119 e. The first-order chi connectivity index (χ1) is 11.0. The van der Waals surface area contributed by atoms with Gasteiger partial charge in [-0.1, -0.05) is 32.9 Å². The predicted molar refractivity (Wildman–Crippen MR) is 94.8 cm³/mol. The van der Waals surface area contributed by atoms with Gasteiger partial charge in [0.1, 0.15) is 5.75 Å². The first-order valence-electron chi connectivity index (χ1n) is 8.59. The van der Waals surface area contributed by atoms with Crippen LogP contribution in [0.25, 0.3) is 0 Å². The summed E-state index contributed by atoms with van der Waals surface area (Å²) >= 11 is 0. The molecule has 0 saturated carbocycles. The molecule has 1 rings (SSSR count). The Kier molecular flexibility index (Phi) is 9.22. The first kappa shape index (κ1) is 19.9. The van der Waals surface area contributed by atoms with Gasteiger partial charge >= 0.3 is 0 Å². The van der Waals surface area contributed by atoms with E-state index in [1.807, 2.05) is 12.1 Å². The van der Waals surface area contributed by atoms with E-state index in [0.717, 1.165) is 18.7 Å². The van der Waals surface area contributed by atoms with Gasteiger partial charge in [0.15, 0.2) is 0 Å². The summed E-state index contributed by atoms with van der Waals surface area (Å²) in [4.78, 5) is 2.30. The monoisotopic (exact) mass is 323 g/mol. The van der Waals surface area contributed by atoms with Crippen LogP contribution in [0.1, 0.15) is 39.7 Å². The molecular weight excluding hydrogens is 290 g/mol. The van der Waals surface area contributed by atoms with Crippen LogP contribution in [0.4, 0.5) is 0 Å². The van der Waals surface area contributed by atoms with E-state index in [2.05, 4.69) is 44.7 Å². The molecule has 0 unspecified atom stereocenters. The number of rotatable bonds is 11. The molecule has 23 heavy (non-hydrogen) atoms. The molecule has 4 nitrogen and oxygen atoms in total. The largest absolute Gasteiger partial charge is 0.497 e. The molecule has 0 fully saturated rings. The minimum absolute atomic E-state index is 0.392. The Morgan fingerprint density at radius 3 is 2.52 bits per heavy atom. The van der Waals surface area contributed by atoms with Crippen molar-refractivity contribution in [3.8, 4) is 5.75 Å². The molecule has 0 bridgehead atoms. The fraction of sp³-hybridized carbons (Fsp3) is 0.684. The molecule has 0 radical (unpaired) electrons. The van der Waals surface area contributed by atoms with E-state index in [0.29, 0.717) is 31.7 Å². The van der Waals surface area contributed by atoms with Crippen LogP contribution in [0.2, 0.25) is 0 Å². The Hall–Kier alpha value is -1.10. The van der Waals surface area contributed by atoms with Gasteiger partial charge in [-0.05, 0) is 37.0 Å². The van der Waals surface area contributed by atoms with Crippen LogP contribution in [0.15, 0.2) is 24.3 Å². The van der Waals surface area contributed by atoms with Crippen molar-refractivity contribution in [2.45, 2.75) is 52.8 Å². The summed E-state index contributed by atoms with van der Waals surface area (Å²) in [7, 11) is 1.68. The number of hydrogen-bond acceptors (Lipinski definition) is 4. The maximum Gasteiger partial charge on any atom is 0.119 e. The van der Waals surface area contributed by atoms with E-state index < -0.39 is 6.10 Å². The van der Waals surface area contributed by atoms with Crippen LogP contribution in [0, 0.1) is 5.92 Å². The lowest BCUT2D eigenvalue weighted by atomic mass is 10.1. The van der Waals surface area contributed by atoms with Crippen molar-refractivity contribution in [3.05, 3.63) is 29.8 Å². The summed E-state index contributed by atoms with van der Waals surface area (Å²) in [5, 5.41) is 10.3. The number of aliphatic hydroxyl groups is 1. The Morgan fingerprint density at radius 2 is 1.91 bits per heavy atom. The highest BCUT2D eigenvalue weighted by atomic mass is 16.5. The highest BCUT2D eigenvalue weighted by Gasteiger charge is 2.17. The Bertz CT molecular complexity index is 436. The molecule has 2 atom stereocenters. The second-order valence-corrected chi connectivity index (χ2v) is 6.62. The number of benzene rings is 1. The highest BCUT2D eigenvalue weighted by molar-refractivity contribution is 5.28. The second kappa shape index (κ2) is 10.6. The van der Waals surface area contributed by atoms with Gasteiger partial charge in [-0.2, -0.15) is 0 Å². The fourth-order valence-electron chi connectivity index (χ4n) is 2.43. The number of ether oxygens (including phenoxy) is 2. The molecule has 0 aliphatic carbocycles. The first-order valence-corrected chi connectivity index (χ1v) is 8.59. The standard InChI is InChI=1S/C19H33NO3/c1-6-16(4)20(12-18(21)14-23-13-15(2)3)11-17-8-7-9-19(10-17)22-5/h7-10,15-16,18,21H,6,11-14H2,1-5H3/t16-,18+/m0/s1. The van der Waals surface area contributed by atoms with E-state index in [4.69, 9.17) is 9.47 Å². The molecule has 4 heteroatoms. The lowest BCUT2D eigenvalue weighted by Crippen LogP contribution is -2.40. The van der Waals surface area contributed by atoms with E-state index in [9.17, 15) is 5.11 Å². The Morgan fingerprint density at radius 1 is 1.17 bits per heavy atom. The van der Waals surface area contributed by atoms with Crippen LogP contribution >= 0.6 is 0 Å². The Labute approximate surface area is 141 Å². The van der Waals surface area contributed by atoms with Gasteiger partial charge in [-0.25, -0.2) is 0 Å². The third-order valence-corrected chi connectivity index (χ3v) is 3.94. The van der Waals surface area contributed by atoms with E-state index in [1.54, 1.807) is 7.11 Å². The van der Waals surface area contributed by atoms with Crippen molar-refractivity contribution < 1.29 is 14.6 Å². The van der Waals surface area contributed by atoms with Gasteiger partial charge in [-0.3, -0.25) is 4.90 Å². The molecule has 0 aromatic heterocycles. The number of nitrogens with zero attached hydrogens (tertiary/aromatic N) is 1. The van der Waals surface area contributed by atoms with Gasteiger partial charge < -0.3 is 14.6 Å². The van der Waals surface area contributed by atoms with E-state index >= 15 is 0 Å². The zero-order valence-electron chi connectivity index (χ0n) is 15.3. The van der Waals surface area contributed by atoms with Gasteiger partial charge in [0.05, 0.1) is 19.8 Å². The fourth-order valence-corrected chi connectivity index (χ4v) is 2.43. The topological polar surface area (TPSA) is 41.9 Å². The SMILES string of the molecule is CC[C@H](C)N(Cc1cccc(OC)c1)C[C@@H](O)COCC(C)C. The lowest BCUT2D eigenvalue weighted by molar-refractivity contribution is 0.000115. The summed E-state index contributed by atoms with van der Waals surface area (Å²) < 4.78 is 10.9. The number of hydrogen-bond donors (Lipinski definition) is 1. The van der Waals surface area contributed by atoms with Crippen molar-refractivity contribution >= 4 is 0 Å². The van der Waals surface area contributed by atoms with Gasteiger partial charge in [0.25, 0.3) is 0 Å². The number of aliphatic hydroxyl groups excluding tert-OH is 1. The molecular formula is C19H33NO3. The summed E-state index contributed by atoms with van der Waals surface area (Å²) in [6.07, 6.45) is 0.581. The molecule has 0 spiro atoms. The highest BCUT2D eigenvalue weighted by Crippen LogP contribution is 2.17. The van der Waals surface area contributed by atoms with Crippen LogP contribution in [0.5, 0.6) is 5.75 Å². The van der Waals surface area contributed by atoms with Crippen LogP contribution < -0.4 is 4.74 Å². The second-order valence-electron chi connectivity index (χ2n) is 6.62. The summed E-state index contributed by atoms with van der Waals surface area (Å²) in [6, 6.07) is 8.51. The van der Waals surface area contributed by atoms with Crippen molar-refractivity contribution in [1.29, 1.82) is 0 Å². The zero-order valence-corrected chi connectivity index (χ0v) is 15.3. The van der Waals surface area contributed by atoms with Crippen LogP contribution in [-0.4, -0.2) is 49.0 Å². The minimum Gasteiger partial charge on any atom is -0.497 e. The van der Waals surface area contributed by atoms with Crippen molar-refractivity contribution in [1.82, 2.24) is 4.90 Å². The Balaban J connectivity index is 2.61. The molecule has 0 amide bonds. The normalized spacial score (nSPS) is 14.3. The van der Waals surface area contributed by atoms with Crippen molar-refractivity contribution in [2.75, 3.05) is 26.9 Å². The third kappa shape index (κ3) is 7.82. The van der Waals surface area contributed by atoms with Gasteiger partial charge in [0, 0.05) is 25.7 Å². The molecule has 0 aliphatic heterocycles. The third-order valence-electron chi connectivity index (χ3n) is 3.94. The predicted octanol–water partition coefficient (Wildman–Crippen LogP) is 3.33. The molecule has 132 valence electrons. The quantitative estimate of drug-likeness (QED) is 0.678. The molecule has 1 aromatic rings. The summed E-state index contributed by atoms with van der Waals surface area (Å²) in [6.45, 7) is 11.1. The van der Waals surface area contributed by atoms with Gasteiger partial charge in [-0.15, -0.1) is 0 Å². The summed E-state index contributed by atoms with van der Waals surface area (Å²) in [5.41, 5.74) is 1.19. The average Bonchev–Trinajstić information content (AvgIpc) is 2.53. The molecule has 0 saturated heterocycles. The molecule has 0 aliphatic rings. The number of methoxy groups -OCH3 is 1. The summed E-state index contributed by atoms with van der Waals surface area (Å²) in [5.74, 6) is 1.36. The van der Waals surface area contributed by atoms with Crippen molar-refractivity contribution in [2.24, 2.45) is 5.92 Å². The molecule has 0 heterocycles. The van der Waals surface area contributed by atoms with Crippen molar-refractivity contribution in [3.63, 3.8) is 0 Å². The van der Waals surface area contributed by atoms with E-state index in [1.165, 1.54) is 5.56 Å². The van der Waals surface area contributed by atoms with Gasteiger partial charge in [0.2, 0.25) is 0 Å². The zero-order chi connectivity index (χ0) is 17.2. The maximum atomic E-state index is 10.3. The average molecular weight is 323 g/mol. The van der Waals surface area contributed by atoms with Crippen LogP contribution in [0.3, 0.4) is 0 Å². The lowest BCUT2D eigenvalue weighted by Gasteiger charge is -2.30. The maximum absolute atomic E-state index is 10.3. The molecule has 1 N–H and O–H groups in total. The van der Waals surface area contributed by atoms with E-state index in [-0.39, 0.29) is 0 Å². The minimum atomic E-state index is -0.464. The van der Waals surface area contributed by atoms with Crippen LogP contribution in [-0.2, 0) is 11.3 Å². The molecule has 1 aromatic carbocycles.